The van der Waals surface area contributed by atoms with Gasteiger partial charge in [-0.3, -0.25) is 19.3 Å². The van der Waals surface area contributed by atoms with Gasteiger partial charge in [0.05, 0.1) is 22.2 Å². The molecule has 0 saturated carbocycles. The van der Waals surface area contributed by atoms with E-state index in [1.54, 1.807) is 23.1 Å². The van der Waals surface area contributed by atoms with Gasteiger partial charge in [-0.15, -0.1) is 0 Å². The van der Waals surface area contributed by atoms with Crippen molar-refractivity contribution in [1.29, 1.82) is 0 Å². The molecule has 1 aliphatic heterocycles. The van der Waals surface area contributed by atoms with Crippen LogP contribution < -0.4 is 5.32 Å². The number of nitrogens with zero attached hydrogens (tertiary/aromatic N) is 2. The van der Waals surface area contributed by atoms with Crippen molar-refractivity contribution in [2.24, 2.45) is 0 Å². The van der Waals surface area contributed by atoms with E-state index < -0.39 is 12.5 Å². The Kier molecular flexibility index (Phi) is 6.42. The summed E-state index contributed by atoms with van der Waals surface area (Å²) in [6.07, 6.45) is 0. The summed E-state index contributed by atoms with van der Waals surface area (Å²) in [6, 6.07) is 4.92. The molecular formula is C15H17Cl2N3O4. The maximum atomic E-state index is 12.5. The van der Waals surface area contributed by atoms with E-state index in [1.165, 1.54) is 0 Å². The second kappa shape index (κ2) is 8.32. The Hall–Kier alpha value is -1.83. The Morgan fingerprint density at radius 3 is 2.42 bits per heavy atom. The van der Waals surface area contributed by atoms with Gasteiger partial charge < -0.3 is 15.3 Å². The van der Waals surface area contributed by atoms with Crippen LogP contribution in [-0.4, -0.2) is 72.0 Å². The van der Waals surface area contributed by atoms with E-state index >= 15 is 0 Å². The fraction of sp³-hybridized carbons (Fsp3) is 0.400. The summed E-state index contributed by atoms with van der Waals surface area (Å²) in [5.74, 6) is -1.63. The Balaban J connectivity index is 1.86. The molecule has 24 heavy (non-hydrogen) atoms. The molecule has 1 fully saturated rings. The highest BCUT2D eigenvalue weighted by Crippen LogP contribution is 2.26. The first-order valence-corrected chi connectivity index (χ1v) is 8.08. The molecule has 2 N–H and O–H groups in total. The highest BCUT2D eigenvalue weighted by Gasteiger charge is 2.25. The standard InChI is InChI=1S/C15H17Cl2N3O4/c16-11-3-1-2-10(14(11)17)15(24)20-6-4-19(5-7-20)9-12(21)18-8-13(22)23/h1-3H,4-9H2,(H,18,21)(H,22,23). The molecule has 1 aromatic carbocycles. The number of aliphatic carboxylic acids is 1. The number of carboxylic acids is 1. The van der Waals surface area contributed by atoms with Gasteiger partial charge in [-0.25, -0.2) is 0 Å². The smallest absolute Gasteiger partial charge is 0.322 e. The van der Waals surface area contributed by atoms with Crippen molar-refractivity contribution >= 4 is 41.0 Å². The maximum Gasteiger partial charge on any atom is 0.322 e. The number of benzene rings is 1. The molecule has 0 aromatic heterocycles. The second-order valence-electron chi connectivity index (χ2n) is 5.34. The lowest BCUT2D eigenvalue weighted by molar-refractivity contribution is -0.138. The number of rotatable bonds is 5. The Bertz CT molecular complexity index is 646. The summed E-state index contributed by atoms with van der Waals surface area (Å²) in [4.78, 5) is 38.0. The molecule has 0 aliphatic carbocycles. The molecule has 1 heterocycles. The van der Waals surface area contributed by atoms with Crippen LogP contribution in [0.3, 0.4) is 0 Å². The van der Waals surface area contributed by atoms with Crippen LogP contribution in [0.1, 0.15) is 10.4 Å². The molecule has 0 atom stereocenters. The van der Waals surface area contributed by atoms with E-state index in [1.807, 2.05) is 4.90 Å². The Morgan fingerprint density at radius 1 is 1.12 bits per heavy atom. The summed E-state index contributed by atoms with van der Waals surface area (Å²) in [5.41, 5.74) is 0.358. The second-order valence-corrected chi connectivity index (χ2v) is 6.13. The van der Waals surface area contributed by atoms with E-state index in [4.69, 9.17) is 28.3 Å². The molecular weight excluding hydrogens is 357 g/mol. The van der Waals surface area contributed by atoms with Gasteiger partial charge >= 0.3 is 5.97 Å². The van der Waals surface area contributed by atoms with Gasteiger partial charge in [0.25, 0.3) is 5.91 Å². The van der Waals surface area contributed by atoms with Crippen molar-refractivity contribution in [3.63, 3.8) is 0 Å². The van der Waals surface area contributed by atoms with E-state index in [0.29, 0.717) is 36.8 Å². The van der Waals surface area contributed by atoms with Gasteiger partial charge in [0.2, 0.25) is 5.91 Å². The van der Waals surface area contributed by atoms with Crippen molar-refractivity contribution < 1.29 is 19.5 Å². The first-order valence-electron chi connectivity index (χ1n) is 7.32. The van der Waals surface area contributed by atoms with E-state index in [0.717, 1.165) is 0 Å². The zero-order valence-corrected chi connectivity index (χ0v) is 14.3. The first kappa shape index (κ1) is 18.5. The number of halogens is 2. The minimum absolute atomic E-state index is 0.104. The van der Waals surface area contributed by atoms with Gasteiger partial charge in [0.15, 0.2) is 0 Å². The molecule has 2 rings (SSSR count). The molecule has 7 nitrogen and oxygen atoms in total. The number of hydrogen-bond donors (Lipinski definition) is 2. The molecule has 0 unspecified atom stereocenters. The van der Waals surface area contributed by atoms with Crippen LogP contribution in [-0.2, 0) is 9.59 Å². The number of piperazine rings is 1. The number of carbonyl (C=O) groups excluding carboxylic acids is 2. The summed E-state index contributed by atoms with van der Waals surface area (Å²) in [5, 5.41) is 11.4. The van der Waals surface area contributed by atoms with Crippen LogP contribution in [0, 0.1) is 0 Å². The third-order valence-corrected chi connectivity index (χ3v) is 4.46. The van der Waals surface area contributed by atoms with Crippen LogP contribution in [0.4, 0.5) is 0 Å². The average Bonchev–Trinajstić information content (AvgIpc) is 2.55. The van der Waals surface area contributed by atoms with Gasteiger partial charge in [-0.1, -0.05) is 29.3 Å². The van der Waals surface area contributed by atoms with Crippen molar-refractivity contribution in [3.8, 4) is 0 Å². The zero-order chi connectivity index (χ0) is 17.7. The molecule has 2 amide bonds. The third kappa shape index (κ3) is 4.83. The SMILES string of the molecule is O=C(O)CNC(=O)CN1CCN(C(=O)c2cccc(Cl)c2Cl)CC1. The molecule has 1 aliphatic rings. The van der Waals surface area contributed by atoms with Gasteiger partial charge in [0.1, 0.15) is 6.54 Å². The van der Waals surface area contributed by atoms with Crippen LogP contribution >= 0.6 is 23.2 Å². The summed E-state index contributed by atoms with van der Waals surface area (Å²) >= 11 is 12.0. The van der Waals surface area contributed by atoms with Crippen molar-refractivity contribution in [3.05, 3.63) is 33.8 Å². The lowest BCUT2D eigenvalue weighted by atomic mass is 10.1. The molecule has 0 bridgehead atoms. The van der Waals surface area contributed by atoms with Crippen molar-refractivity contribution in [2.75, 3.05) is 39.3 Å². The van der Waals surface area contributed by atoms with Gasteiger partial charge in [-0.2, -0.15) is 0 Å². The van der Waals surface area contributed by atoms with Crippen LogP contribution in [0.25, 0.3) is 0 Å². The molecule has 0 spiro atoms. The topological polar surface area (TPSA) is 89.9 Å². The highest BCUT2D eigenvalue weighted by molar-refractivity contribution is 6.43. The van der Waals surface area contributed by atoms with E-state index in [9.17, 15) is 14.4 Å². The van der Waals surface area contributed by atoms with Crippen molar-refractivity contribution in [1.82, 2.24) is 15.1 Å². The van der Waals surface area contributed by atoms with Gasteiger partial charge in [-0.05, 0) is 12.1 Å². The predicted molar refractivity (Wildman–Crippen MR) is 89.5 cm³/mol. The van der Waals surface area contributed by atoms with Crippen LogP contribution in [0.2, 0.25) is 10.0 Å². The largest absolute Gasteiger partial charge is 0.480 e. The quantitative estimate of drug-likeness (QED) is 0.801. The number of carboxylic acid groups (broad SMARTS) is 1. The minimum Gasteiger partial charge on any atom is -0.480 e. The number of hydrogen-bond acceptors (Lipinski definition) is 4. The molecule has 1 aromatic rings. The number of nitrogens with one attached hydrogen (secondary N) is 1. The predicted octanol–water partition coefficient (Wildman–Crippen LogP) is 0.952. The normalized spacial score (nSPS) is 15.2. The minimum atomic E-state index is -1.09. The first-order chi connectivity index (χ1) is 11.4. The highest BCUT2D eigenvalue weighted by atomic mass is 35.5. The fourth-order valence-corrected chi connectivity index (χ4v) is 2.76. The lowest BCUT2D eigenvalue weighted by Gasteiger charge is -2.34. The zero-order valence-electron chi connectivity index (χ0n) is 12.8. The number of amides is 2. The molecule has 0 radical (unpaired) electrons. The maximum absolute atomic E-state index is 12.5. The van der Waals surface area contributed by atoms with E-state index in [2.05, 4.69) is 5.32 Å². The van der Waals surface area contributed by atoms with Gasteiger partial charge in [0, 0.05) is 26.2 Å². The number of carbonyl (C=O) groups is 3. The molecule has 130 valence electrons. The van der Waals surface area contributed by atoms with Crippen LogP contribution in [0.15, 0.2) is 18.2 Å². The Labute approximate surface area is 149 Å². The third-order valence-electron chi connectivity index (χ3n) is 3.65. The summed E-state index contributed by atoms with van der Waals surface area (Å²) in [6.45, 7) is 1.65. The molecule has 9 heteroatoms. The fourth-order valence-electron chi connectivity index (χ4n) is 2.38. The monoisotopic (exact) mass is 373 g/mol. The summed E-state index contributed by atoms with van der Waals surface area (Å²) < 4.78 is 0. The lowest BCUT2D eigenvalue weighted by Crippen LogP contribution is -2.51. The molecule has 1 saturated heterocycles. The van der Waals surface area contributed by atoms with E-state index in [-0.39, 0.29) is 23.4 Å². The average molecular weight is 374 g/mol. The Morgan fingerprint density at radius 2 is 1.79 bits per heavy atom. The van der Waals surface area contributed by atoms with Crippen LogP contribution in [0.5, 0.6) is 0 Å². The summed E-state index contributed by atoms with van der Waals surface area (Å²) in [7, 11) is 0. The van der Waals surface area contributed by atoms with Crippen molar-refractivity contribution in [2.45, 2.75) is 0 Å².